The van der Waals surface area contributed by atoms with E-state index >= 15 is 0 Å². The largest absolute Gasteiger partial charge is 0.467 e. The zero-order valence-electron chi connectivity index (χ0n) is 9.77. The molecule has 1 amide bonds. The van der Waals surface area contributed by atoms with Crippen molar-refractivity contribution in [2.24, 2.45) is 0 Å². The van der Waals surface area contributed by atoms with E-state index in [2.05, 4.69) is 16.0 Å². The van der Waals surface area contributed by atoms with Crippen molar-refractivity contribution >= 4 is 11.9 Å². The lowest BCUT2D eigenvalue weighted by atomic mass is 10.1. The molecular weight excluding hydrogens is 237 g/mol. The predicted octanol–water partition coefficient (Wildman–Crippen LogP) is 1.12. The quantitative estimate of drug-likeness (QED) is 0.642. The molecule has 0 unspecified atom stereocenters. The normalized spacial score (nSPS) is 11.2. The van der Waals surface area contributed by atoms with Crippen molar-refractivity contribution in [1.82, 2.24) is 5.32 Å². The standard InChI is InChI=1S/C13H12FNO3/c1-3-5-11(13(17)18-2)15-12(16)9-6-4-7-10(14)8-9/h1,4,6-8,11H,5H2,2H3,(H,15,16)/t11-/m0/s1. The van der Waals surface area contributed by atoms with Crippen LogP contribution in [0, 0.1) is 18.2 Å². The first-order chi connectivity index (χ1) is 8.58. The average molecular weight is 249 g/mol. The van der Waals surface area contributed by atoms with E-state index in [0.29, 0.717) is 0 Å². The first-order valence-corrected chi connectivity index (χ1v) is 5.16. The summed E-state index contributed by atoms with van der Waals surface area (Å²) in [5.74, 6) is 0.504. The van der Waals surface area contributed by atoms with Gasteiger partial charge in [-0.25, -0.2) is 9.18 Å². The number of nitrogens with one attached hydrogen (secondary N) is 1. The molecule has 94 valence electrons. The lowest BCUT2D eigenvalue weighted by Gasteiger charge is -2.13. The summed E-state index contributed by atoms with van der Waals surface area (Å²) in [6.45, 7) is 0. The zero-order chi connectivity index (χ0) is 13.5. The predicted molar refractivity (Wildman–Crippen MR) is 63.1 cm³/mol. The third-order valence-corrected chi connectivity index (χ3v) is 2.20. The van der Waals surface area contributed by atoms with Gasteiger partial charge in [0.2, 0.25) is 0 Å². The first kappa shape index (κ1) is 13.7. The number of methoxy groups -OCH3 is 1. The number of amides is 1. The molecule has 4 nitrogen and oxygen atoms in total. The molecule has 5 heteroatoms. The lowest BCUT2D eigenvalue weighted by molar-refractivity contribution is -0.142. The minimum atomic E-state index is -0.934. The molecule has 0 saturated carbocycles. The highest BCUT2D eigenvalue weighted by Gasteiger charge is 2.21. The molecule has 1 atom stereocenters. The Morgan fingerprint density at radius 2 is 2.28 bits per heavy atom. The molecule has 1 N–H and O–H groups in total. The van der Waals surface area contributed by atoms with E-state index in [1.54, 1.807) is 0 Å². The molecule has 0 heterocycles. The molecule has 0 saturated heterocycles. The fraction of sp³-hybridized carbons (Fsp3) is 0.231. The Morgan fingerprint density at radius 3 is 2.83 bits per heavy atom. The number of ether oxygens (including phenoxy) is 1. The van der Waals surface area contributed by atoms with E-state index in [0.717, 1.165) is 6.07 Å². The molecule has 0 aromatic heterocycles. The average Bonchev–Trinajstić information content (AvgIpc) is 2.37. The maximum atomic E-state index is 12.9. The maximum Gasteiger partial charge on any atom is 0.329 e. The number of hydrogen-bond donors (Lipinski definition) is 1. The van der Waals surface area contributed by atoms with Crippen LogP contribution in [0.4, 0.5) is 4.39 Å². The number of carbonyl (C=O) groups excluding carboxylic acids is 2. The minimum Gasteiger partial charge on any atom is -0.467 e. The summed E-state index contributed by atoms with van der Waals surface area (Å²) < 4.78 is 17.4. The number of rotatable bonds is 4. The maximum absolute atomic E-state index is 12.9. The van der Waals surface area contributed by atoms with Gasteiger partial charge in [0.05, 0.1) is 7.11 Å². The molecule has 0 spiro atoms. The van der Waals surface area contributed by atoms with Crippen molar-refractivity contribution in [3.8, 4) is 12.3 Å². The summed E-state index contributed by atoms with van der Waals surface area (Å²) in [5, 5.41) is 2.39. The molecule has 1 aromatic carbocycles. The smallest absolute Gasteiger partial charge is 0.329 e. The number of benzene rings is 1. The Kier molecular flexibility index (Phi) is 4.88. The van der Waals surface area contributed by atoms with E-state index in [1.165, 1.54) is 25.3 Å². The molecule has 0 fully saturated rings. The molecule has 0 aliphatic heterocycles. The van der Waals surface area contributed by atoms with Crippen LogP contribution in [0.1, 0.15) is 16.8 Å². The number of esters is 1. The topological polar surface area (TPSA) is 55.4 Å². The summed E-state index contributed by atoms with van der Waals surface area (Å²) >= 11 is 0. The van der Waals surface area contributed by atoms with E-state index in [1.807, 2.05) is 0 Å². The molecule has 0 radical (unpaired) electrons. The third kappa shape index (κ3) is 3.59. The van der Waals surface area contributed by atoms with Gasteiger partial charge in [0.15, 0.2) is 0 Å². The van der Waals surface area contributed by atoms with Crippen LogP contribution in [0.5, 0.6) is 0 Å². The Hall–Kier alpha value is -2.35. The Bertz CT molecular complexity index is 493. The molecule has 0 bridgehead atoms. The number of carbonyl (C=O) groups is 2. The van der Waals surface area contributed by atoms with Crippen molar-refractivity contribution in [1.29, 1.82) is 0 Å². The van der Waals surface area contributed by atoms with Gasteiger partial charge in [-0.1, -0.05) is 6.07 Å². The van der Waals surface area contributed by atoms with Gasteiger partial charge >= 0.3 is 5.97 Å². The highest BCUT2D eigenvalue weighted by molar-refractivity contribution is 5.96. The SMILES string of the molecule is C#CC[C@H](NC(=O)c1cccc(F)c1)C(=O)OC. The zero-order valence-corrected chi connectivity index (χ0v) is 9.77. The summed E-state index contributed by atoms with van der Waals surface area (Å²) in [4.78, 5) is 23.1. The van der Waals surface area contributed by atoms with Crippen LogP contribution in [0.25, 0.3) is 0 Å². The van der Waals surface area contributed by atoms with Gasteiger partial charge in [0, 0.05) is 12.0 Å². The Morgan fingerprint density at radius 1 is 1.56 bits per heavy atom. The van der Waals surface area contributed by atoms with Gasteiger partial charge in [-0.2, -0.15) is 0 Å². The second kappa shape index (κ2) is 6.40. The van der Waals surface area contributed by atoms with Crippen LogP contribution in [0.15, 0.2) is 24.3 Å². The van der Waals surface area contributed by atoms with Crippen molar-refractivity contribution in [3.05, 3.63) is 35.6 Å². The lowest BCUT2D eigenvalue weighted by Crippen LogP contribution is -2.41. The highest BCUT2D eigenvalue weighted by atomic mass is 19.1. The van der Waals surface area contributed by atoms with E-state index in [-0.39, 0.29) is 12.0 Å². The second-order valence-electron chi connectivity index (χ2n) is 3.47. The summed E-state index contributed by atoms with van der Waals surface area (Å²) in [6, 6.07) is 4.19. The van der Waals surface area contributed by atoms with Crippen molar-refractivity contribution in [2.45, 2.75) is 12.5 Å². The van der Waals surface area contributed by atoms with Crippen LogP contribution in [-0.4, -0.2) is 25.0 Å². The summed E-state index contributed by atoms with van der Waals surface area (Å²) in [6.07, 6.45) is 5.10. The van der Waals surface area contributed by atoms with Gasteiger partial charge < -0.3 is 10.1 Å². The van der Waals surface area contributed by atoms with Crippen molar-refractivity contribution in [2.75, 3.05) is 7.11 Å². The van der Waals surface area contributed by atoms with E-state index in [4.69, 9.17) is 6.42 Å². The Balaban J connectivity index is 2.79. The first-order valence-electron chi connectivity index (χ1n) is 5.16. The fourth-order valence-electron chi connectivity index (χ4n) is 1.32. The monoisotopic (exact) mass is 249 g/mol. The van der Waals surface area contributed by atoms with Crippen molar-refractivity contribution in [3.63, 3.8) is 0 Å². The van der Waals surface area contributed by atoms with Crippen molar-refractivity contribution < 1.29 is 18.7 Å². The van der Waals surface area contributed by atoms with Crippen LogP contribution >= 0.6 is 0 Å². The third-order valence-electron chi connectivity index (χ3n) is 2.20. The van der Waals surface area contributed by atoms with Crippen LogP contribution in [-0.2, 0) is 9.53 Å². The minimum absolute atomic E-state index is 0.00767. The molecule has 0 aliphatic carbocycles. The summed E-state index contributed by atoms with van der Waals surface area (Å²) in [7, 11) is 1.19. The summed E-state index contributed by atoms with van der Waals surface area (Å²) in [5.41, 5.74) is 0.112. The Labute approximate surface area is 104 Å². The molecule has 1 rings (SSSR count). The highest BCUT2D eigenvalue weighted by Crippen LogP contribution is 2.04. The second-order valence-corrected chi connectivity index (χ2v) is 3.47. The molecule has 0 aliphatic rings. The van der Waals surface area contributed by atoms with E-state index < -0.39 is 23.7 Å². The fourth-order valence-corrected chi connectivity index (χ4v) is 1.32. The van der Waals surface area contributed by atoms with Gasteiger partial charge in [0.25, 0.3) is 5.91 Å². The van der Waals surface area contributed by atoms with Gasteiger partial charge in [-0.05, 0) is 18.2 Å². The number of hydrogen-bond acceptors (Lipinski definition) is 3. The number of terminal acetylenes is 1. The van der Waals surface area contributed by atoms with Crippen LogP contribution < -0.4 is 5.32 Å². The van der Waals surface area contributed by atoms with Gasteiger partial charge in [0.1, 0.15) is 11.9 Å². The van der Waals surface area contributed by atoms with Gasteiger partial charge in [-0.15, -0.1) is 12.3 Å². The van der Waals surface area contributed by atoms with Crippen LogP contribution in [0.2, 0.25) is 0 Å². The van der Waals surface area contributed by atoms with Crippen LogP contribution in [0.3, 0.4) is 0 Å². The number of halogens is 1. The molecular formula is C13H12FNO3. The van der Waals surface area contributed by atoms with E-state index in [9.17, 15) is 14.0 Å². The molecule has 18 heavy (non-hydrogen) atoms. The molecule has 1 aromatic rings. The van der Waals surface area contributed by atoms with Gasteiger partial charge in [-0.3, -0.25) is 4.79 Å².